The molecule has 0 aromatic rings. The molecule has 1 unspecified atom stereocenters. The highest BCUT2D eigenvalue weighted by molar-refractivity contribution is 5.78. The summed E-state index contributed by atoms with van der Waals surface area (Å²) in [5.41, 5.74) is 0. The number of rotatable bonds is 4. The third-order valence-electron chi connectivity index (χ3n) is 1.76. The molecule has 0 saturated heterocycles. The third-order valence-corrected chi connectivity index (χ3v) is 1.76. The second kappa shape index (κ2) is 4.13. The van der Waals surface area contributed by atoms with E-state index in [4.69, 9.17) is 6.42 Å². The minimum Gasteiger partial charge on any atom is -0.342 e. The summed E-state index contributed by atoms with van der Waals surface area (Å²) >= 11 is 0. The maximum atomic E-state index is 11.1. The van der Waals surface area contributed by atoms with Gasteiger partial charge in [0.25, 0.3) is 0 Å². The third kappa shape index (κ3) is 3.40. The van der Waals surface area contributed by atoms with Crippen molar-refractivity contribution in [1.29, 1.82) is 0 Å². The predicted molar refractivity (Wildman–Crippen MR) is 47.5 cm³/mol. The van der Waals surface area contributed by atoms with E-state index in [0.717, 1.165) is 0 Å². The highest BCUT2D eigenvalue weighted by Crippen LogP contribution is 2.17. The van der Waals surface area contributed by atoms with Crippen molar-refractivity contribution >= 4 is 5.91 Å². The molecule has 2 N–H and O–H groups in total. The summed E-state index contributed by atoms with van der Waals surface area (Å²) in [6.45, 7) is 2.17. The standard InChI is InChI=1S/C9H14N2O/c1-3-7(2)11-9(12)6-10-8-4-5-8/h1,7-8,10H,4-6H2,2H3,(H,11,12). The van der Waals surface area contributed by atoms with E-state index in [-0.39, 0.29) is 11.9 Å². The lowest BCUT2D eigenvalue weighted by Crippen LogP contribution is -2.38. The van der Waals surface area contributed by atoms with Crippen LogP contribution in [0.5, 0.6) is 0 Å². The van der Waals surface area contributed by atoms with Crippen molar-refractivity contribution in [2.24, 2.45) is 0 Å². The molecule has 1 rings (SSSR count). The highest BCUT2D eigenvalue weighted by Gasteiger charge is 2.21. The molecule has 1 saturated carbocycles. The van der Waals surface area contributed by atoms with Gasteiger partial charge in [0.2, 0.25) is 5.91 Å². The summed E-state index contributed by atoms with van der Waals surface area (Å²) in [4.78, 5) is 11.1. The fourth-order valence-corrected chi connectivity index (χ4v) is 0.859. The lowest BCUT2D eigenvalue weighted by molar-refractivity contribution is -0.120. The molecule has 0 aliphatic heterocycles. The van der Waals surface area contributed by atoms with Crippen LogP contribution in [-0.4, -0.2) is 24.5 Å². The maximum absolute atomic E-state index is 11.1. The van der Waals surface area contributed by atoms with Gasteiger partial charge in [0.05, 0.1) is 12.6 Å². The first-order valence-electron chi connectivity index (χ1n) is 4.21. The van der Waals surface area contributed by atoms with Crippen molar-refractivity contribution in [2.45, 2.75) is 31.8 Å². The van der Waals surface area contributed by atoms with E-state index in [2.05, 4.69) is 16.6 Å². The van der Waals surface area contributed by atoms with Gasteiger partial charge in [-0.15, -0.1) is 6.42 Å². The minimum absolute atomic E-state index is 0.0210. The molecule has 1 fully saturated rings. The lowest BCUT2D eigenvalue weighted by atomic mass is 10.3. The molecule has 0 radical (unpaired) electrons. The molecule has 0 bridgehead atoms. The number of terminal acetylenes is 1. The summed E-state index contributed by atoms with van der Waals surface area (Å²) < 4.78 is 0. The van der Waals surface area contributed by atoms with Crippen LogP contribution in [0.1, 0.15) is 19.8 Å². The Morgan fingerprint density at radius 2 is 2.42 bits per heavy atom. The van der Waals surface area contributed by atoms with Gasteiger partial charge in [-0.05, 0) is 19.8 Å². The Morgan fingerprint density at radius 1 is 1.75 bits per heavy atom. The summed E-state index contributed by atoms with van der Waals surface area (Å²) in [5.74, 6) is 2.42. The zero-order valence-corrected chi connectivity index (χ0v) is 7.26. The van der Waals surface area contributed by atoms with Crippen LogP contribution < -0.4 is 10.6 Å². The fourth-order valence-electron chi connectivity index (χ4n) is 0.859. The Balaban J connectivity index is 2.06. The zero-order chi connectivity index (χ0) is 8.97. The fraction of sp³-hybridized carbons (Fsp3) is 0.667. The first-order chi connectivity index (χ1) is 5.72. The van der Waals surface area contributed by atoms with Crippen molar-refractivity contribution in [2.75, 3.05) is 6.54 Å². The number of carbonyl (C=O) groups is 1. The van der Waals surface area contributed by atoms with E-state index in [1.165, 1.54) is 12.8 Å². The molecule has 12 heavy (non-hydrogen) atoms. The van der Waals surface area contributed by atoms with Crippen LogP contribution >= 0.6 is 0 Å². The van der Waals surface area contributed by atoms with Gasteiger partial charge in [-0.3, -0.25) is 4.79 Å². The van der Waals surface area contributed by atoms with Crippen LogP contribution in [0.25, 0.3) is 0 Å². The molecule has 1 amide bonds. The quantitative estimate of drug-likeness (QED) is 0.571. The second-order valence-electron chi connectivity index (χ2n) is 3.11. The van der Waals surface area contributed by atoms with Gasteiger partial charge in [0.15, 0.2) is 0 Å². The molecular weight excluding hydrogens is 152 g/mol. The number of hydrogen-bond donors (Lipinski definition) is 2. The second-order valence-corrected chi connectivity index (χ2v) is 3.11. The van der Waals surface area contributed by atoms with Gasteiger partial charge in [0, 0.05) is 6.04 Å². The molecule has 66 valence electrons. The van der Waals surface area contributed by atoms with E-state index in [0.29, 0.717) is 12.6 Å². The van der Waals surface area contributed by atoms with E-state index in [9.17, 15) is 4.79 Å². The molecular formula is C9H14N2O. The van der Waals surface area contributed by atoms with E-state index < -0.39 is 0 Å². The van der Waals surface area contributed by atoms with Gasteiger partial charge in [-0.25, -0.2) is 0 Å². The van der Waals surface area contributed by atoms with Crippen molar-refractivity contribution in [3.05, 3.63) is 0 Å². The van der Waals surface area contributed by atoms with Crippen LogP contribution in [-0.2, 0) is 4.79 Å². The molecule has 0 spiro atoms. The van der Waals surface area contributed by atoms with Crippen molar-refractivity contribution in [3.8, 4) is 12.3 Å². The summed E-state index contributed by atoms with van der Waals surface area (Å²) in [7, 11) is 0. The Bertz CT molecular complexity index is 203. The molecule has 0 aromatic heterocycles. The van der Waals surface area contributed by atoms with Crippen LogP contribution in [0.15, 0.2) is 0 Å². The van der Waals surface area contributed by atoms with Gasteiger partial charge >= 0.3 is 0 Å². The number of hydrogen-bond acceptors (Lipinski definition) is 2. The van der Waals surface area contributed by atoms with E-state index in [1.54, 1.807) is 6.92 Å². The average Bonchev–Trinajstić information content (AvgIpc) is 2.83. The highest BCUT2D eigenvalue weighted by atomic mass is 16.1. The van der Waals surface area contributed by atoms with Gasteiger partial charge < -0.3 is 10.6 Å². The Kier molecular flexibility index (Phi) is 3.12. The van der Waals surface area contributed by atoms with Crippen molar-refractivity contribution in [1.82, 2.24) is 10.6 Å². The SMILES string of the molecule is C#CC(C)NC(=O)CNC1CC1. The lowest BCUT2D eigenvalue weighted by Gasteiger charge is -2.07. The molecule has 1 atom stereocenters. The average molecular weight is 166 g/mol. The molecule has 1 aliphatic rings. The first-order valence-corrected chi connectivity index (χ1v) is 4.21. The monoisotopic (exact) mass is 166 g/mol. The smallest absolute Gasteiger partial charge is 0.234 e. The topological polar surface area (TPSA) is 41.1 Å². The van der Waals surface area contributed by atoms with E-state index >= 15 is 0 Å². The van der Waals surface area contributed by atoms with Gasteiger partial charge in [-0.1, -0.05) is 5.92 Å². The van der Waals surface area contributed by atoms with Crippen molar-refractivity contribution in [3.63, 3.8) is 0 Å². The van der Waals surface area contributed by atoms with Gasteiger partial charge in [-0.2, -0.15) is 0 Å². The molecule has 0 heterocycles. The number of nitrogens with one attached hydrogen (secondary N) is 2. The first kappa shape index (κ1) is 9.08. The Morgan fingerprint density at radius 3 is 2.92 bits per heavy atom. The van der Waals surface area contributed by atoms with Crippen LogP contribution in [0.3, 0.4) is 0 Å². The molecule has 3 heteroatoms. The summed E-state index contributed by atoms with van der Waals surface area (Å²) in [6, 6.07) is 0.399. The van der Waals surface area contributed by atoms with Crippen molar-refractivity contribution < 1.29 is 4.79 Å². The normalized spacial score (nSPS) is 18.0. The van der Waals surface area contributed by atoms with Gasteiger partial charge in [0.1, 0.15) is 0 Å². The Hall–Kier alpha value is -1.01. The predicted octanol–water partition coefficient (Wildman–Crippen LogP) is -0.124. The zero-order valence-electron chi connectivity index (χ0n) is 7.26. The number of carbonyl (C=O) groups excluding carboxylic acids is 1. The molecule has 1 aliphatic carbocycles. The van der Waals surface area contributed by atoms with E-state index in [1.807, 2.05) is 0 Å². The summed E-state index contributed by atoms with van der Waals surface area (Å²) in [5, 5.41) is 5.78. The largest absolute Gasteiger partial charge is 0.342 e. The molecule has 3 nitrogen and oxygen atoms in total. The van der Waals surface area contributed by atoms with Crippen LogP contribution in [0.4, 0.5) is 0 Å². The van der Waals surface area contributed by atoms with Crippen LogP contribution in [0, 0.1) is 12.3 Å². The van der Waals surface area contributed by atoms with Crippen LogP contribution in [0.2, 0.25) is 0 Å². The number of amides is 1. The maximum Gasteiger partial charge on any atom is 0.234 e. The minimum atomic E-state index is -0.168. The molecule has 0 aromatic carbocycles. The Labute approximate surface area is 72.9 Å². The summed E-state index contributed by atoms with van der Waals surface area (Å²) in [6.07, 6.45) is 7.49.